The smallest absolute Gasteiger partial charge is 0.192 e. The van der Waals surface area contributed by atoms with Gasteiger partial charge >= 0.3 is 0 Å². The van der Waals surface area contributed by atoms with Crippen LogP contribution in [0.15, 0.2) is 18.3 Å². The molecule has 0 aliphatic heterocycles. The molecule has 1 saturated carbocycles. The van der Waals surface area contributed by atoms with Crippen molar-refractivity contribution >= 4 is 5.78 Å². The van der Waals surface area contributed by atoms with E-state index >= 15 is 0 Å². The number of carbonyl (C=O) groups excluding carboxylic acids is 1. The molecule has 0 spiro atoms. The minimum absolute atomic E-state index is 0.0998. The number of hydrogen-bond donors (Lipinski definition) is 3. The average Bonchev–Trinajstić information content (AvgIpc) is 2.81. The van der Waals surface area contributed by atoms with Crippen LogP contribution in [0.2, 0.25) is 0 Å². The predicted molar refractivity (Wildman–Crippen MR) is 63.4 cm³/mol. The lowest BCUT2D eigenvalue weighted by Gasteiger charge is -2.29. The van der Waals surface area contributed by atoms with Gasteiger partial charge in [0.1, 0.15) is 0 Å². The summed E-state index contributed by atoms with van der Waals surface area (Å²) in [5, 5.41) is 3.26. The molecule has 2 rings (SSSR count). The van der Waals surface area contributed by atoms with Crippen LogP contribution in [0.5, 0.6) is 0 Å². The summed E-state index contributed by atoms with van der Waals surface area (Å²) in [4.78, 5) is 14.6. The molecule has 4 N–H and O–H groups in total. The molecule has 0 saturated heterocycles. The standard InChI is InChI=1S/C12H19N3O/c13-9-4-1-2-5-10(9)15-8-12(16)11-6-3-7-14-11/h3,6-7,9-10,14-15H,1-2,4-5,8,13H2/t9-,10-/m1/s1. The third kappa shape index (κ3) is 2.71. The number of aromatic amines is 1. The van der Waals surface area contributed by atoms with E-state index < -0.39 is 0 Å². The first-order chi connectivity index (χ1) is 7.77. The van der Waals surface area contributed by atoms with E-state index in [4.69, 9.17) is 5.73 Å². The first-order valence-corrected chi connectivity index (χ1v) is 5.93. The topological polar surface area (TPSA) is 70.9 Å². The number of rotatable bonds is 4. The zero-order valence-corrected chi connectivity index (χ0v) is 9.41. The van der Waals surface area contributed by atoms with Gasteiger partial charge in [-0.05, 0) is 25.0 Å². The summed E-state index contributed by atoms with van der Waals surface area (Å²) in [5.41, 5.74) is 6.67. The van der Waals surface area contributed by atoms with E-state index in [9.17, 15) is 4.79 Å². The van der Waals surface area contributed by atoms with Crippen LogP contribution in [0.4, 0.5) is 0 Å². The first kappa shape index (κ1) is 11.4. The van der Waals surface area contributed by atoms with Crippen molar-refractivity contribution < 1.29 is 4.79 Å². The fraction of sp³-hybridized carbons (Fsp3) is 0.583. The zero-order valence-electron chi connectivity index (χ0n) is 9.41. The number of nitrogens with one attached hydrogen (secondary N) is 2. The molecular weight excluding hydrogens is 202 g/mol. The van der Waals surface area contributed by atoms with Crippen molar-refractivity contribution in [3.8, 4) is 0 Å². The van der Waals surface area contributed by atoms with Crippen LogP contribution >= 0.6 is 0 Å². The largest absolute Gasteiger partial charge is 0.359 e. The molecule has 0 radical (unpaired) electrons. The summed E-state index contributed by atoms with van der Waals surface area (Å²) in [5.74, 6) is 0.0998. The first-order valence-electron chi connectivity index (χ1n) is 5.93. The summed E-state index contributed by atoms with van der Waals surface area (Å²) < 4.78 is 0. The summed E-state index contributed by atoms with van der Waals surface area (Å²) in [6.07, 6.45) is 6.33. The summed E-state index contributed by atoms with van der Waals surface area (Å²) in [6, 6.07) is 4.13. The van der Waals surface area contributed by atoms with Gasteiger partial charge in [0.2, 0.25) is 0 Å². The Morgan fingerprint density at radius 2 is 2.31 bits per heavy atom. The summed E-state index contributed by atoms with van der Waals surface area (Å²) in [7, 11) is 0. The highest BCUT2D eigenvalue weighted by atomic mass is 16.1. The third-order valence-electron chi connectivity index (χ3n) is 3.24. The van der Waals surface area contributed by atoms with E-state index in [2.05, 4.69) is 10.3 Å². The van der Waals surface area contributed by atoms with Crippen LogP contribution in [-0.4, -0.2) is 29.4 Å². The zero-order chi connectivity index (χ0) is 11.4. The van der Waals surface area contributed by atoms with Crippen molar-refractivity contribution in [3.05, 3.63) is 24.0 Å². The Morgan fingerprint density at radius 1 is 1.50 bits per heavy atom. The van der Waals surface area contributed by atoms with Crippen LogP contribution in [0.1, 0.15) is 36.2 Å². The lowest BCUT2D eigenvalue weighted by Crippen LogP contribution is -2.48. The number of nitrogens with two attached hydrogens (primary N) is 1. The molecule has 1 fully saturated rings. The molecule has 0 aromatic carbocycles. The Labute approximate surface area is 95.6 Å². The molecule has 16 heavy (non-hydrogen) atoms. The molecule has 0 unspecified atom stereocenters. The fourth-order valence-electron chi connectivity index (χ4n) is 2.24. The van der Waals surface area contributed by atoms with Crippen LogP contribution in [0.25, 0.3) is 0 Å². The van der Waals surface area contributed by atoms with E-state index in [0.29, 0.717) is 18.3 Å². The maximum atomic E-state index is 11.7. The van der Waals surface area contributed by atoms with Crippen LogP contribution in [-0.2, 0) is 0 Å². The molecule has 1 aliphatic carbocycles. The van der Waals surface area contributed by atoms with Crippen LogP contribution in [0, 0.1) is 0 Å². The van der Waals surface area contributed by atoms with Crippen LogP contribution in [0.3, 0.4) is 0 Å². The van der Waals surface area contributed by atoms with E-state index in [0.717, 1.165) is 12.8 Å². The van der Waals surface area contributed by atoms with Gasteiger partial charge in [0.25, 0.3) is 0 Å². The minimum Gasteiger partial charge on any atom is -0.359 e. The van der Waals surface area contributed by atoms with Crippen molar-refractivity contribution in [2.45, 2.75) is 37.8 Å². The molecule has 4 heteroatoms. The normalized spacial score (nSPS) is 25.6. The van der Waals surface area contributed by atoms with Crippen molar-refractivity contribution in [2.75, 3.05) is 6.54 Å². The summed E-state index contributed by atoms with van der Waals surface area (Å²) >= 11 is 0. The minimum atomic E-state index is 0.0998. The summed E-state index contributed by atoms with van der Waals surface area (Å²) in [6.45, 7) is 0.374. The molecule has 4 nitrogen and oxygen atoms in total. The monoisotopic (exact) mass is 221 g/mol. The van der Waals surface area contributed by atoms with Gasteiger partial charge < -0.3 is 16.0 Å². The van der Waals surface area contributed by atoms with E-state index in [1.807, 2.05) is 6.07 Å². The molecule has 2 atom stereocenters. The fourth-order valence-corrected chi connectivity index (χ4v) is 2.24. The lowest BCUT2D eigenvalue weighted by atomic mass is 9.91. The van der Waals surface area contributed by atoms with Gasteiger partial charge in [-0.3, -0.25) is 4.79 Å². The Bertz CT molecular complexity index is 334. The second-order valence-corrected chi connectivity index (χ2v) is 4.44. The lowest BCUT2D eigenvalue weighted by molar-refractivity contribution is 0.0979. The Morgan fingerprint density at radius 3 is 3.00 bits per heavy atom. The average molecular weight is 221 g/mol. The number of Topliss-reactive ketones (excluding diaryl/α,β-unsaturated/α-hetero) is 1. The number of ketones is 1. The molecule has 88 valence electrons. The highest BCUT2D eigenvalue weighted by Gasteiger charge is 2.21. The molecular formula is C12H19N3O. The van der Waals surface area contributed by atoms with Gasteiger partial charge in [0, 0.05) is 18.3 Å². The maximum Gasteiger partial charge on any atom is 0.192 e. The maximum absolute atomic E-state index is 11.7. The molecule has 1 aromatic rings. The highest BCUT2D eigenvalue weighted by Crippen LogP contribution is 2.16. The van der Waals surface area contributed by atoms with Gasteiger partial charge in [0.15, 0.2) is 5.78 Å². The third-order valence-corrected chi connectivity index (χ3v) is 3.24. The van der Waals surface area contributed by atoms with Crippen molar-refractivity contribution in [2.24, 2.45) is 5.73 Å². The Kier molecular flexibility index (Phi) is 3.74. The number of carbonyl (C=O) groups is 1. The molecule has 1 aliphatic rings. The highest BCUT2D eigenvalue weighted by molar-refractivity contribution is 5.95. The van der Waals surface area contributed by atoms with E-state index in [-0.39, 0.29) is 11.8 Å². The number of H-pyrrole nitrogens is 1. The predicted octanol–water partition coefficient (Wildman–Crippen LogP) is 1.06. The molecule has 0 bridgehead atoms. The van der Waals surface area contributed by atoms with Crippen molar-refractivity contribution in [1.29, 1.82) is 0 Å². The SMILES string of the molecule is N[C@@H]1CCCC[C@H]1NCC(=O)c1ccc[nH]1. The van der Waals surface area contributed by atoms with Crippen LogP contribution < -0.4 is 11.1 Å². The Hall–Kier alpha value is -1.13. The van der Waals surface area contributed by atoms with E-state index in [1.54, 1.807) is 12.3 Å². The van der Waals surface area contributed by atoms with Gasteiger partial charge in [-0.15, -0.1) is 0 Å². The van der Waals surface area contributed by atoms with E-state index in [1.165, 1.54) is 12.8 Å². The van der Waals surface area contributed by atoms with Crippen molar-refractivity contribution in [3.63, 3.8) is 0 Å². The Balaban J connectivity index is 1.80. The molecule has 0 amide bonds. The van der Waals surface area contributed by atoms with Crippen molar-refractivity contribution in [1.82, 2.24) is 10.3 Å². The second-order valence-electron chi connectivity index (χ2n) is 4.44. The molecule has 1 aromatic heterocycles. The quantitative estimate of drug-likeness (QED) is 0.666. The second kappa shape index (κ2) is 5.27. The van der Waals surface area contributed by atoms with Gasteiger partial charge in [-0.1, -0.05) is 12.8 Å². The number of aromatic nitrogens is 1. The number of hydrogen-bond acceptors (Lipinski definition) is 3. The van der Waals surface area contributed by atoms with Gasteiger partial charge in [-0.2, -0.15) is 0 Å². The van der Waals surface area contributed by atoms with Gasteiger partial charge in [0.05, 0.1) is 12.2 Å². The molecule has 1 heterocycles. The van der Waals surface area contributed by atoms with Gasteiger partial charge in [-0.25, -0.2) is 0 Å².